The van der Waals surface area contributed by atoms with Gasteiger partial charge in [-0.1, -0.05) is 6.92 Å². The van der Waals surface area contributed by atoms with Gasteiger partial charge < -0.3 is 5.11 Å². The van der Waals surface area contributed by atoms with Crippen molar-refractivity contribution in [2.24, 2.45) is 0 Å². The Bertz CT molecular complexity index is 91.6. The molecule has 0 aromatic carbocycles. The van der Waals surface area contributed by atoms with E-state index in [4.69, 9.17) is 5.11 Å². The summed E-state index contributed by atoms with van der Waals surface area (Å²) in [6, 6.07) is 0. The van der Waals surface area contributed by atoms with Crippen molar-refractivity contribution in [3.63, 3.8) is 0 Å². The summed E-state index contributed by atoms with van der Waals surface area (Å²) in [7, 11) is -0.583. The Morgan fingerprint density at radius 2 is 1.73 bits per heavy atom. The number of unbranched alkanes of at least 4 members (excludes halogenated alkanes) is 1. The van der Waals surface area contributed by atoms with Crippen molar-refractivity contribution in [2.45, 2.75) is 26.2 Å². The molecule has 0 fully saturated rings. The minimum absolute atomic E-state index is 0.367. The van der Waals surface area contributed by atoms with Gasteiger partial charge in [0.25, 0.3) is 0 Å². The largest absolute Gasteiger partial charge is 0.396 e. The fraction of sp³-hybridized carbons (Fsp3) is 1.00. The molecule has 0 heterocycles. The lowest BCUT2D eigenvalue weighted by molar-refractivity contribution is 0.287. The van der Waals surface area contributed by atoms with Crippen LogP contribution < -0.4 is 0 Å². The zero-order valence-corrected chi connectivity index (χ0v) is 9.03. The summed E-state index contributed by atoms with van der Waals surface area (Å²) in [6.07, 6.45) is 6.31. The maximum absolute atomic E-state index is 8.61. The van der Waals surface area contributed by atoms with Gasteiger partial charge in [-0.15, -0.1) is 0 Å². The highest BCUT2D eigenvalue weighted by atomic mass is 31.2. The van der Waals surface area contributed by atoms with Crippen molar-refractivity contribution >= 4 is 7.26 Å². The van der Waals surface area contributed by atoms with Crippen LogP contribution in [0.1, 0.15) is 26.2 Å². The Balaban J connectivity index is 3.38. The standard InChI is InChI=1S/C9H22OP/c1-4-8-11(2,3)9-6-5-7-10/h10H,4-9H2,1-3H3/q+1. The summed E-state index contributed by atoms with van der Waals surface area (Å²) >= 11 is 0. The number of hydrogen-bond acceptors (Lipinski definition) is 1. The molecule has 0 saturated carbocycles. The van der Waals surface area contributed by atoms with Gasteiger partial charge in [0.15, 0.2) is 0 Å². The molecule has 0 aromatic heterocycles. The molecule has 0 aliphatic rings. The molecule has 0 amide bonds. The lowest BCUT2D eigenvalue weighted by atomic mass is 10.4. The summed E-state index contributed by atoms with van der Waals surface area (Å²) in [5.74, 6) is 0. The van der Waals surface area contributed by atoms with Crippen LogP contribution in [-0.2, 0) is 0 Å². The lowest BCUT2D eigenvalue weighted by Gasteiger charge is -2.16. The average molecular weight is 177 g/mol. The first-order valence-electron chi connectivity index (χ1n) is 4.55. The van der Waals surface area contributed by atoms with E-state index in [2.05, 4.69) is 20.3 Å². The molecule has 0 unspecified atom stereocenters. The van der Waals surface area contributed by atoms with Gasteiger partial charge >= 0.3 is 0 Å². The molecule has 0 spiro atoms. The quantitative estimate of drug-likeness (QED) is 0.488. The summed E-state index contributed by atoms with van der Waals surface area (Å²) < 4.78 is 0. The maximum atomic E-state index is 8.61. The maximum Gasteiger partial charge on any atom is 0.0589 e. The monoisotopic (exact) mass is 177 g/mol. The number of hydrogen-bond donors (Lipinski definition) is 1. The van der Waals surface area contributed by atoms with Gasteiger partial charge in [0.05, 0.1) is 12.3 Å². The van der Waals surface area contributed by atoms with Crippen LogP contribution >= 0.6 is 7.26 Å². The zero-order chi connectivity index (χ0) is 8.74. The Labute approximate surface area is 71.5 Å². The van der Waals surface area contributed by atoms with Crippen LogP contribution in [0.15, 0.2) is 0 Å². The predicted octanol–water partition coefficient (Wildman–Crippen LogP) is 2.45. The molecule has 2 heteroatoms. The van der Waals surface area contributed by atoms with E-state index in [0.717, 1.165) is 6.42 Å². The first-order chi connectivity index (χ1) is 5.12. The second-order valence-corrected chi connectivity index (χ2v) is 8.58. The molecular formula is C9H22OP+. The Hall–Kier alpha value is 0.390. The van der Waals surface area contributed by atoms with Crippen LogP contribution in [-0.4, -0.2) is 37.4 Å². The summed E-state index contributed by atoms with van der Waals surface area (Å²) in [4.78, 5) is 0. The summed E-state index contributed by atoms with van der Waals surface area (Å²) in [5, 5.41) is 8.61. The van der Waals surface area contributed by atoms with E-state index in [9.17, 15) is 0 Å². The number of aliphatic hydroxyl groups excluding tert-OH is 1. The normalized spacial score (nSPS) is 12.0. The van der Waals surface area contributed by atoms with Gasteiger partial charge in [-0.2, -0.15) is 0 Å². The van der Waals surface area contributed by atoms with Crippen LogP contribution in [0.5, 0.6) is 0 Å². The first-order valence-corrected chi connectivity index (χ1v) is 7.60. The Morgan fingerprint density at radius 3 is 2.18 bits per heavy atom. The van der Waals surface area contributed by atoms with Crippen LogP contribution in [0.25, 0.3) is 0 Å². The molecule has 0 aliphatic carbocycles. The first kappa shape index (κ1) is 11.4. The van der Waals surface area contributed by atoms with Crippen molar-refractivity contribution in [3.05, 3.63) is 0 Å². The molecule has 11 heavy (non-hydrogen) atoms. The molecule has 0 aliphatic heterocycles. The summed E-state index contributed by atoms with van der Waals surface area (Å²) in [6.45, 7) is 7.47. The second kappa shape index (κ2) is 5.97. The highest BCUT2D eigenvalue weighted by Crippen LogP contribution is 2.52. The predicted molar refractivity (Wildman–Crippen MR) is 55.1 cm³/mol. The number of rotatable bonds is 6. The fourth-order valence-electron chi connectivity index (χ4n) is 1.37. The van der Waals surface area contributed by atoms with Crippen molar-refractivity contribution in [1.29, 1.82) is 0 Å². The van der Waals surface area contributed by atoms with Crippen molar-refractivity contribution in [3.8, 4) is 0 Å². The number of aliphatic hydroxyl groups is 1. The van der Waals surface area contributed by atoms with E-state index < -0.39 is 7.26 Å². The zero-order valence-electron chi connectivity index (χ0n) is 8.14. The third kappa shape index (κ3) is 6.77. The van der Waals surface area contributed by atoms with Gasteiger partial charge in [-0.25, -0.2) is 0 Å². The van der Waals surface area contributed by atoms with Crippen LogP contribution in [0.3, 0.4) is 0 Å². The average Bonchev–Trinajstić information content (AvgIpc) is 1.87. The molecule has 0 radical (unpaired) electrons. The second-order valence-electron chi connectivity index (χ2n) is 3.81. The molecule has 1 N–H and O–H groups in total. The molecular weight excluding hydrogens is 155 g/mol. The molecule has 68 valence electrons. The molecule has 0 bridgehead atoms. The van der Waals surface area contributed by atoms with Crippen molar-refractivity contribution < 1.29 is 5.11 Å². The van der Waals surface area contributed by atoms with Gasteiger partial charge in [-0.3, -0.25) is 0 Å². The topological polar surface area (TPSA) is 20.2 Å². The van der Waals surface area contributed by atoms with E-state index in [1.165, 1.54) is 25.2 Å². The van der Waals surface area contributed by atoms with Crippen LogP contribution in [0.4, 0.5) is 0 Å². The third-order valence-electron chi connectivity index (χ3n) is 2.00. The molecule has 1 nitrogen and oxygen atoms in total. The highest BCUT2D eigenvalue weighted by Gasteiger charge is 2.22. The molecule has 0 saturated heterocycles. The smallest absolute Gasteiger partial charge is 0.0589 e. The van der Waals surface area contributed by atoms with Gasteiger partial charge in [0.2, 0.25) is 0 Å². The van der Waals surface area contributed by atoms with E-state index in [1.807, 2.05) is 0 Å². The van der Waals surface area contributed by atoms with Gasteiger partial charge in [0, 0.05) is 27.2 Å². The Kier molecular flexibility index (Phi) is 6.18. The minimum atomic E-state index is -0.583. The highest BCUT2D eigenvalue weighted by molar-refractivity contribution is 7.74. The van der Waals surface area contributed by atoms with Crippen molar-refractivity contribution in [1.82, 2.24) is 0 Å². The summed E-state index contributed by atoms with van der Waals surface area (Å²) in [5.41, 5.74) is 0. The van der Waals surface area contributed by atoms with E-state index in [1.54, 1.807) is 0 Å². The SMILES string of the molecule is CCC[P+](C)(C)CCCCO. The fourth-order valence-corrected chi connectivity index (χ4v) is 3.88. The molecule has 0 atom stereocenters. The van der Waals surface area contributed by atoms with Crippen LogP contribution in [0.2, 0.25) is 0 Å². The van der Waals surface area contributed by atoms with Gasteiger partial charge in [0.1, 0.15) is 0 Å². The van der Waals surface area contributed by atoms with E-state index in [-0.39, 0.29) is 0 Å². The molecule has 0 aromatic rings. The Morgan fingerprint density at radius 1 is 1.09 bits per heavy atom. The van der Waals surface area contributed by atoms with Crippen molar-refractivity contribution in [2.75, 3.05) is 32.3 Å². The molecule has 0 rings (SSSR count). The third-order valence-corrected chi connectivity index (χ3v) is 5.19. The van der Waals surface area contributed by atoms with E-state index >= 15 is 0 Å². The minimum Gasteiger partial charge on any atom is -0.396 e. The van der Waals surface area contributed by atoms with E-state index in [0.29, 0.717) is 6.61 Å². The van der Waals surface area contributed by atoms with Crippen LogP contribution in [0, 0.1) is 0 Å². The van der Waals surface area contributed by atoms with Gasteiger partial charge in [-0.05, 0) is 19.3 Å². The lowest BCUT2D eigenvalue weighted by Crippen LogP contribution is -2.00.